The van der Waals surface area contributed by atoms with Crippen LogP contribution in [0.2, 0.25) is 0 Å². The summed E-state index contributed by atoms with van der Waals surface area (Å²) < 4.78 is 0. The molecular formula is C11H13N3S. The molecule has 78 valence electrons. The first-order valence-electron chi connectivity index (χ1n) is 4.75. The van der Waals surface area contributed by atoms with Crippen LogP contribution >= 0.6 is 11.8 Å². The number of thioether (sulfide) groups is 1. The number of hydrogen-bond donors (Lipinski definition) is 2. The SMILES string of the molecule is CSc1ccccc1NCc1ncc[nH]1. The lowest BCUT2D eigenvalue weighted by atomic mass is 10.3. The molecule has 15 heavy (non-hydrogen) atoms. The van der Waals surface area contributed by atoms with E-state index in [4.69, 9.17) is 0 Å². The summed E-state index contributed by atoms with van der Waals surface area (Å²) in [5.41, 5.74) is 1.15. The summed E-state index contributed by atoms with van der Waals surface area (Å²) in [7, 11) is 0. The molecule has 2 rings (SSSR count). The molecule has 0 spiro atoms. The number of aromatic nitrogens is 2. The minimum Gasteiger partial charge on any atom is -0.377 e. The van der Waals surface area contributed by atoms with Crippen LogP contribution in [0.4, 0.5) is 5.69 Å². The van der Waals surface area contributed by atoms with Crippen LogP contribution in [0.3, 0.4) is 0 Å². The van der Waals surface area contributed by atoms with Gasteiger partial charge in [0.05, 0.1) is 6.54 Å². The normalized spacial score (nSPS) is 10.2. The molecule has 0 aliphatic rings. The summed E-state index contributed by atoms with van der Waals surface area (Å²) >= 11 is 1.74. The van der Waals surface area contributed by atoms with Gasteiger partial charge in [-0.05, 0) is 18.4 Å². The van der Waals surface area contributed by atoms with Crippen molar-refractivity contribution >= 4 is 17.4 Å². The van der Waals surface area contributed by atoms with Crippen molar-refractivity contribution < 1.29 is 0 Å². The number of rotatable bonds is 4. The predicted molar refractivity (Wildman–Crippen MR) is 64.1 cm³/mol. The maximum absolute atomic E-state index is 4.16. The van der Waals surface area contributed by atoms with Crippen LogP contribution in [0.15, 0.2) is 41.6 Å². The van der Waals surface area contributed by atoms with E-state index in [1.807, 2.05) is 18.3 Å². The number of aromatic amines is 1. The standard InChI is InChI=1S/C11H13N3S/c1-15-10-5-3-2-4-9(10)14-8-11-12-6-7-13-11/h2-7,14H,8H2,1H3,(H,12,13). The Labute approximate surface area is 93.3 Å². The van der Waals surface area contributed by atoms with Crippen LogP contribution in [-0.2, 0) is 6.54 Å². The van der Waals surface area contributed by atoms with Crippen LogP contribution in [0, 0.1) is 0 Å². The molecule has 3 nitrogen and oxygen atoms in total. The molecule has 0 bridgehead atoms. The molecule has 0 fully saturated rings. The van der Waals surface area contributed by atoms with Gasteiger partial charge in [-0.2, -0.15) is 0 Å². The van der Waals surface area contributed by atoms with Crippen molar-refractivity contribution in [3.05, 3.63) is 42.5 Å². The first kappa shape index (κ1) is 10.1. The zero-order valence-electron chi connectivity index (χ0n) is 8.53. The van der Waals surface area contributed by atoms with E-state index in [0.29, 0.717) is 0 Å². The van der Waals surface area contributed by atoms with E-state index in [1.54, 1.807) is 18.0 Å². The van der Waals surface area contributed by atoms with Crippen LogP contribution in [-0.4, -0.2) is 16.2 Å². The van der Waals surface area contributed by atoms with Gasteiger partial charge in [-0.15, -0.1) is 11.8 Å². The second-order valence-electron chi connectivity index (χ2n) is 3.09. The molecule has 1 aromatic heterocycles. The van der Waals surface area contributed by atoms with Crippen LogP contribution in [0.1, 0.15) is 5.82 Å². The highest BCUT2D eigenvalue weighted by Gasteiger charge is 2.00. The highest BCUT2D eigenvalue weighted by atomic mass is 32.2. The van der Waals surface area contributed by atoms with Gasteiger partial charge in [0.25, 0.3) is 0 Å². The monoisotopic (exact) mass is 219 g/mol. The van der Waals surface area contributed by atoms with Crippen LogP contribution in [0.5, 0.6) is 0 Å². The number of anilines is 1. The van der Waals surface area contributed by atoms with Gasteiger partial charge in [-0.3, -0.25) is 0 Å². The Kier molecular flexibility index (Phi) is 3.29. The number of para-hydroxylation sites is 1. The third kappa shape index (κ3) is 2.53. The molecule has 0 saturated heterocycles. The minimum atomic E-state index is 0.727. The van der Waals surface area contributed by atoms with Gasteiger partial charge in [0.15, 0.2) is 0 Å². The molecule has 0 radical (unpaired) electrons. The topological polar surface area (TPSA) is 40.7 Å². The number of nitrogens with zero attached hydrogens (tertiary/aromatic N) is 1. The zero-order valence-corrected chi connectivity index (χ0v) is 9.34. The van der Waals surface area contributed by atoms with Crippen molar-refractivity contribution in [2.45, 2.75) is 11.4 Å². The zero-order chi connectivity index (χ0) is 10.5. The summed E-state index contributed by atoms with van der Waals surface area (Å²) in [6.45, 7) is 0.727. The third-order valence-corrected chi connectivity index (χ3v) is 2.90. The summed E-state index contributed by atoms with van der Waals surface area (Å²) in [6.07, 6.45) is 5.67. The Morgan fingerprint density at radius 2 is 2.27 bits per heavy atom. The number of benzene rings is 1. The molecule has 1 heterocycles. The van der Waals surface area contributed by atoms with Gasteiger partial charge in [0.1, 0.15) is 5.82 Å². The number of imidazole rings is 1. The van der Waals surface area contributed by atoms with Crippen LogP contribution in [0.25, 0.3) is 0 Å². The van der Waals surface area contributed by atoms with Gasteiger partial charge >= 0.3 is 0 Å². The molecule has 0 aliphatic heterocycles. The van der Waals surface area contributed by atoms with Crippen molar-refractivity contribution in [2.24, 2.45) is 0 Å². The number of hydrogen-bond acceptors (Lipinski definition) is 3. The lowest BCUT2D eigenvalue weighted by Gasteiger charge is -2.08. The fraction of sp³-hybridized carbons (Fsp3) is 0.182. The number of nitrogens with one attached hydrogen (secondary N) is 2. The van der Waals surface area contributed by atoms with E-state index in [0.717, 1.165) is 18.1 Å². The molecule has 1 aromatic carbocycles. The van der Waals surface area contributed by atoms with E-state index in [1.165, 1.54) is 4.90 Å². The van der Waals surface area contributed by atoms with Crippen molar-refractivity contribution in [1.29, 1.82) is 0 Å². The van der Waals surface area contributed by atoms with Gasteiger partial charge in [0.2, 0.25) is 0 Å². The third-order valence-electron chi connectivity index (χ3n) is 2.11. The fourth-order valence-corrected chi connectivity index (χ4v) is 1.94. The Morgan fingerprint density at radius 3 is 3.00 bits per heavy atom. The van der Waals surface area contributed by atoms with Gasteiger partial charge in [0, 0.05) is 23.0 Å². The van der Waals surface area contributed by atoms with Gasteiger partial charge in [-0.1, -0.05) is 12.1 Å². The fourth-order valence-electron chi connectivity index (χ4n) is 1.36. The molecule has 2 aromatic rings. The molecule has 0 amide bonds. The lowest BCUT2D eigenvalue weighted by molar-refractivity contribution is 0.994. The first-order valence-corrected chi connectivity index (χ1v) is 5.98. The van der Waals surface area contributed by atoms with Gasteiger partial charge < -0.3 is 10.3 Å². The Bertz CT molecular complexity index is 412. The van der Waals surface area contributed by atoms with Crippen molar-refractivity contribution in [3.63, 3.8) is 0 Å². The molecule has 4 heteroatoms. The highest BCUT2D eigenvalue weighted by Crippen LogP contribution is 2.24. The maximum atomic E-state index is 4.16. The van der Waals surface area contributed by atoms with Crippen molar-refractivity contribution in [3.8, 4) is 0 Å². The summed E-state index contributed by atoms with van der Waals surface area (Å²) in [5, 5.41) is 3.35. The largest absolute Gasteiger partial charge is 0.377 e. The van der Waals surface area contributed by atoms with E-state index in [-0.39, 0.29) is 0 Å². The smallest absolute Gasteiger partial charge is 0.125 e. The van der Waals surface area contributed by atoms with Crippen LogP contribution < -0.4 is 5.32 Å². The molecule has 0 atom stereocenters. The summed E-state index contributed by atoms with van der Waals surface area (Å²) in [6, 6.07) is 8.26. The average molecular weight is 219 g/mol. The maximum Gasteiger partial charge on any atom is 0.125 e. The minimum absolute atomic E-state index is 0.727. The average Bonchev–Trinajstić information content (AvgIpc) is 2.79. The van der Waals surface area contributed by atoms with E-state index >= 15 is 0 Å². The summed E-state index contributed by atoms with van der Waals surface area (Å²) in [5.74, 6) is 0.950. The number of H-pyrrole nitrogens is 1. The molecule has 2 N–H and O–H groups in total. The molecule has 0 unspecified atom stereocenters. The Hall–Kier alpha value is -1.42. The van der Waals surface area contributed by atoms with Crippen molar-refractivity contribution in [2.75, 3.05) is 11.6 Å². The second-order valence-corrected chi connectivity index (χ2v) is 3.94. The first-order chi connectivity index (χ1) is 7.40. The Morgan fingerprint density at radius 1 is 1.40 bits per heavy atom. The van der Waals surface area contributed by atoms with E-state index < -0.39 is 0 Å². The highest BCUT2D eigenvalue weighted by molar-refractivity contribution is 7.98. The summed E-state index contributed by atoms with van der Waals surface area (Å²) in [4.78, 5) is 8.48. The van der Waals surface area contributed by atoms with E-state index in [9.17, 15) is 0 Å². The van der Waals surface area contributed by atoms with Crippen molar-refractivity contribution in [1.82, 2.24) is 9.97 Å². The predicted octanol–water partition coefficient (Wildman–Crippen LogP) is 2.74. The Balaban J connectivity index is 2.04. The van der Waals surface area contributed by atoms with E-state index in [2.05, 4.69) is 33.7 Å². The molecule has 0 aliphatic carbocycles. The van der Waals surface area contributed by atoms with Gasteiger partial charge in [-0.25, -0.2) is 4.98 Å². The quantitative estimate of drug-likeness (QED) is 0.777. The molecular weight excluding hydrogens is 206 g/mol. The second kappa shape index (κ2) is 4.89. The molecule has 0 saturated carbocycles. The lowest BCUT2D eigenvalue weighted by Crippen LogP contribution is -2.01.